The van der Waals surface area contributed by atoms with Crippen LogP contribution in [-0.2, 0) is 0 Å². The standard InChI is InChI=1S/C22H22ClNO2/c1-13(2)12-26-17-7-5-6-16(10-17)20-11-19(22(23)25)18-9-14(3)8-15(4)21(18)24-20/h5-11,13H,12H2,1-4H3. The number of aryl methyl sites for hydroxylation is 2. The smallest absolute Gasteiger partial charge is 0.253 e. The summed E-state index contributed by atoms with van der Waals surface area (Å²) < 4.78 is 5.81. The van der Waals surface area contributed by atoms with Crippen LogP contribution in [-0.4, -0.2) is 16.8 Å². The fraction of sp³-hybridized carbons (Fsp3) is 0.273. The molecule has 3 aromatic rings. The minimum Gasteiger partial charge on any atom is -0.493 e. The van der Waals surface area contributed by atoms with Crippen LogP contribution in [0.5, 0.6) is 5.75 Å². The number of halogens is 1. The molecule has 0 saturated carbocycles. The van der Waals surface area contributed by atoms with Gasteiger partial charge in [0.15, 0.2) is 0 Å². The topological polar surface area (TPSA) is 39.2 Å². The Hall–Kier alpha value is -2.39. The fourth-order valence-electron chi connectivity index (χ4n) is 3.00. The van der Waals surface area contributed by atoms with Crippen LogP contribution in [0.3, 0.4) is 0 Å². The predicted octanol–water partition coefficient (Wildman–Crippen LogP) is 5.93. The fourth-order valence-corrected chi connectivity index (χ4v) is 3.16. The third kappa shape index (κ3) is 3.88. The lowest BCUT2D eigenvalue weighted by Crippen LogP contribution is -2.04. The number of carbonyl (C=O) groups excluding carboxylic acids is 1. The number of hydrogen-bond donors (Lipinski definition) is 0. The predicted molar refractivity (Wildman–Crippen MR) is 107 cm³/mol. The van der Waals surface area contributed by atoms with E-state index in [9.17, 15) is 4.79 Å². The van der Waals surface area contributed by atoms with Crippen LogP contribution in [0.2, 0.25) is 0 Å². The van der Waals surface area contributed by atoms with Crippen molar-refractivity contribution >= 4 is 27.7 Å². The number of benzene rings is 2. The van der Waals surface area contributed by atoms with Crippen molar-refractivity contribution in [3.63, 3.8) is 0 Å². The van der Waals surface area contributed by atoms with Gasteiger partial charge in [-0.05, 0) is 61.2 Å². The molecule has 0 spiro atoms. The van der Waals surface area contributed by atoms with Gasteiger partial charge in [-0.15, -0.1) is 0 Å². The lowest BCUT2D eigenvalue weighted by atomic mass is 10.0. The molecule has 1 aromatic heterocycles. The Morgan fingerprint density at radius 2 is 1.92 bits per heavy atom. The summed E-state index contributed by atoms with van der Waals surface area (Å²) in [7, 11) is 0. The number of ether oxygens (including phenoxy) is 1. The van der Waals surface area contributed by atoms with Gasteiger partial charge in [0.05, 0.1) is 17.8 Å². The Balaban J connectivity index is 2.14. The Morgan fingerprint density at radius 1 is 1.15 bits per heavy atom. The van der Waals surface area contributed by atoms with E-state index in [0.717, 1.165) is 33.3 Å². The van der Waals surface area contributed by atoms with Crippen molar-refractivity contribution in [3.05, 3.63) is 59.2 Å². The van der Waals surface area contributed by atoms with Crippen molar-refractivity contribution in [1.82, 2.24) is 4.98 Å². The molecule has 0 bridgehead atoms. The van der Waals surface area contributed by atoms with E-state index in [1.165, 1.54) is 0 Å². The molecule has 134 valence electrons. The number of nitrogens with zero attached hydrogens (tertiary/aromatic N) is 1. The van der Waals surface area contributed by atoms with Crippen LogP contribution >= 0.6 is 11.6 Å². The average molecular weight is 368 g/mol. The minimum atomic E-state index is -0.476. The van der Waals surface area contributed by atoms with Crippen LogP contribution in [0.4, 0.5) is 0 Å². The van der Waals surface area contributed by atoms with Crippen LogP contribution in [0.15, 0.2) is 42.5 Å². The lowest BCUT2D eigenvalue weighted by Gasteiger charge is -2.12. The number of fused-ring (bicyclic) bond motifs is 1. The normalized spacial score (nSPS) is 11.2. The molecule has 2 aromatic carbocycles. The highest BCUT2D eigenvalue weighted by atomic mass is 35.5. The van der Waals surface area contributed by atoms with Crippen molar-refractivity contribution in [2.24, 2.45) is 5.92 Å². The van der Waals surface area contributed by atoms with E-state index >= 15 is 0 Å². The van der Waals surface area contributed by atoms with Crippen molar-refractivity contribution in [1.29, 1.82) is 0 Å². The Kier molecular flexibility index (Phi) is 5.28. The molecule has 0 saturated heterocycles. The first kappa shape index (κ1) is 18.4. The molecule has 0 N–H and O–H groups in total. The number of aromatic nitrogens is 1. The van der Waals surface area contributed by atoms with Crippen molar-refractivity contribution in [2.75, 3.05) is 6.61 Å². The van der Waals surface area contributed by atoms with E-state index in [4.69, 9.17) is 21.3 Å². The maximum absolute atomic E-state index is 12.0. The van der Waals surface area contributed by atoms with Gasteiger partial charge in [-0.3, -0.25) is 4.79 Å². The number of pyridine rings is 1. The second-order valence-electron chi connectivity index (χ2n) is 7.04. The van der Waals surface area contributed by atoms with E-state index in [0.29, 0.717) is 23.8 Å². The minimum absolute atomic E-state index is 0.448. The largest absolute Gasteiger partial charge is 0.493 e. The Bertz CT molecular complexity index is 979. The summed E-state index contributed by atoms with van der Waals surface area (Å²) in [5.41, 5.74) is 4.98. The molecule has 3 nitrogen and oxygen atoms in total. The molecule has 0 amide bonds. The monoisotopic (exact) mass is 367 g/mol. The van der Waals surface area contributed by atoms with E-state index in [1.54, 1.807) is 6.07 Å². The average Bonchev–Trinajstić information content (AvgIpc) is 2.59. The van der Waals surface area contributed by atoms with Gasteiger partial charge in [-0.1, -0.05) is 37.6 Å². The highest BCUT2D eigenvalue weighted by Crippen LogP contribution is 2.30. The van der Waals surface area contributed by atoms with Gasteiger partial charge < -0.3 is 4.74 Å². The van der Waals surface area contributed by atoms with Gasteiger partial charge in [0, 0.05) is 16.5 Å². The quantitative estimate of drug-likeness (QED) is 0.524. The van der Waals surface area contributed by atoms with Gasteiger partial charge in [-0.25, -0.2) is 4.98 Å². The van der Waals surface area contributed by atoms with Gasteiger partial charge in [0.2, 0.25) is 0 Å². The van der Waals surface area contributed by atoms with Crippen LogP contribution < -0.4 is 4.74 Å². The van der Waals surface area contributed by atoms with E-state index in [1.807, 2.05) is 44.2 Å². The second-order valence-corrected chi connectivity index (χ2v) is 7.38. The third-order valence-corrected chi connectivity index (χ3v) is 4.38. The van der Waals surface area contributed by atoms with Gasteiger partial charge in [0.25, 0.3) is 5.24 Å². The molecule has 3 rings (SSSR count). The summed E-state index contributed by atoms with van der Waals surface area (Å²) in [6.45, 7) is 8.86. The molecule has 4 heteroatoms. The summed E-state index contributed by atoms with van der Waals surface area (Å²) in [5.74, 6) is 1.24. The molecule has 0 fully saturated rings. The van der Waals surface area contributed by atoms with E-state index in [-0.39, 0.29) is 0 Å². The van der Waals surface area contributed by atoms with Gasteiger partial charge in [0.1, 0.15) is 5.75 Å². The molecule has 26 heavy (non-hydrogen) atoms. The molecule has 0 unspecified atom stereocenters. The molecule has 0 aliphatic carbocycles. The second kappa shape index (κ2) is 7.46. The summed E-state index contributed by atoms with van der Waals surface area (Å²) in [5, 5.41) is 0.314. The van der Waals surface area contributed by atoms with Crippen LogP contribution in [0.1, 0.15) is 35.3 Å². The SMILES string of the molecule is Cc1cc(C)c2nc(-c3cccc(OCC(C)C)c3)cc(C(=O)Cl)c2c1. The zero-order valence-electron chi connectivity index (χ0n) is 15.5. The van der Waals surface area contributed by atoms with Gasteiger partial charge in [-0.2, -0.15) is 0 Å². The maximum Gasteiger partial charge on any atom is 0.253 e. The maximum atomic E-state index is 12.0. The molecular formula is C22H22ClNO2. The summed E-state index contributed by atoms with van der Waals surface area (Å²) in [6.07, 6.45) is 0. The van der Waals surface area contributed by atoms with E-state index < -0.39 is 5.24 Å². The Labute approximate surface area is 159 Å². The summed E-state index contributed by atoms with van der Waals surface area (Å²) in [4.78, 5) is 16.8. The molecule has 0 atom stereocenters. The number of hydrogen-bond acceptors (Lipinski definition) is 3. The van der Waals surface area contributed by atoms with Crippen molar-refractivity contribution < 1.29 is 9.53 Å². The van der Waals surface area contributed by atoms with Gasteiger partial charge >= 0.3 is 0 Å². The molecular weight excluding hydrogens is 346 g/mol. The third-order valence-electron chi connectivity index (χ3n) is 4.17. The first-order chi connectivity index (χ1) is 12.3. The van der Waals surface area contributed by atoms with Crippen LogP contribution in [0, 0.1) is 19.8 Å². The number of rotatable bonds is 5. The first-order valence-corrected chi connectivity index (χ1v) is 9.08. The summed E-state index contributed by atoms with van der Waals surface area (Å²) in [6, 6.07) is 13.5. The highest BCUT2D eigenvalue weighted by Gasteiger charge is 2.14. The highest BCUT2D eigenvalue weighted by molar-refractivity contribution is 6.68. The molecule has 0 aliphatic rings. The molecule has 1 heterocycles. The van der Waals surface area contributed by atoms with Crippen LogP contribution in [0.25, 0.3) is 22.2 Å². The Morgan fingerprint density at radius 3 is 2.62 bits per heavy atom. The summed E-state index contributed by atoms with van der Waals surface area (Å²) >= 11 is 5.87. The lowest BCUT2D eigenvalue weighted by molar-refractivity contribution is 0.108. The molecule has 0 radical (unpaired) electrons. The van der Waals surface area contributed by atoms with Crippen molar-refractivity contribution in [2.45, 2.75) is 27.7 Å². The molecule has 0 aliphatic heterocycles. The zero-order chi connectivity index (χ0) is 18.8. The van der Waals surface area contributed by atoms with Crippen molar-refractivity contribution in [3.8, 4) is 17.0 Å². The zero-order valence-corrected chi connectivity index (χ0v) is 16.2. The number of carbonyl (C=O) groups is 1. The van der Waals surface area contributed by atoms with E-state index in [2.05, 4.69) is 19.9 Å². The first-order valence-electron chi connectivity index (χ1n) is 8.70.